The summed E-state index contributed by atoms with van der Waals surface area (Å²) in [5.41, 5.74) is 8.59. The zero-order chi connectivity index (χ0) is 11.8. The number of hydrogen-bond donors (Lipinski definition) is 2. The highest BCUT2D eigenvalue weighted by Gasteiger charge is 2.02. The standard InChI is InChI=1S/C12H23N3S/c1-10(5-6-13)4-3-7-14-8-12-11(2)15-9-16-12/h9-10,14H,3-8,13H2,1-2H3. The first-order valence-corrected chi connectivity index (χ1v) is 6.91. The highest BCUT2D eigenvalue weighted by molar-refractivity contribution is 7.09. The van der Waals surface area contributed by atoms with Gasteiger partial charge in [-0.25, -0.2) is 4.98 Å². The van der Waals surface area contributed by atoms with Crippen LogP contribution in [-0.4, -0.2) is 18.1 Å². The molecule has 4 heteroatoms. The lowest BCUT2D eigenvalue weighted by Crippen LogP contribution is -2.16. The molecule has 0 saturated carbocycles. The Morgan fingerprint density at radius 3 is 2.94 bits per heavy atom. The summed E-state index contributed by atoms with van der Waals surface area (Å²) in [4.78, 5) is 5.59. The minimum atomic E-state index is 0.761. The van der Waals surface area contributed by atoms with Gasteiger partial charge in [0.2, 0.25) is 0 Å². The number of aryl methyl sites for hydroxylation is 1. The average Bonchev–Trinajstić information content (AvgIpc) is 2.64. The van der Waals surface area contributed by atoms with Gasteiger partial charge in [-0.1, -0.05) is 6.92 Å². The maximum absolute atomic E-state index is 5.52. The van der Waals surface area contributed by atoms with Gasteiger partial charge in [-0.3, -0.25) is 0 Å². The van der Waals surface area contributed by atoms with E-state index in [0.717, 1.165) is 37.7 Å². The second kappa shape index (κ2) is 7.76. The molecule has 0 aliphatic rings. The first kappa shape index (κ1) is 13.6. The van der Waals surface area contributed by atoms with Gasteiger partial charge in [0.15, 0.2) is 0 Å². The van der Waals surface area contributed by atoms with Crippen LogP contribution in [0.1, 0.15) is 36.8 Å². The largest absolute Gasteiger partial charge is 0.330 e. The Hall–Kier alpha value is -0.450. The van der Waals surface area contributed by atoms with Crippen LogP contribution in [-0.2, 0) is 6.54 Å². The molecule has 0 saturated heterocycles. The van der Waals surface area contributed by atoms with Gasteiger partial charge < -0.3 is 11.1 Å². The average molecular weight is 241 g/mol. The van der Waals surface area contributed by atoms with Crippen molar-refractivity contribution in [1.82, 2.24) is 10.3 Å². The van der Waals surface area contributed by atoms with Crippen LogP contribution >= 0.6 is 11.3 Å². The third-order valence-electron chi connectivity index (χ3n) is 2.84. The van der Waals surface area contributed by atoms with Crippen LogP contribution in [0.15, 0.2) is 5.51 Å². The van der Waals surface area contributed by atoms with E-state index < -0.39 is 0 Å². The maximum atomic E-state index is 5.52. The number of nitrogens with zero attached hydrogens (tertiary/aromatic N) is 1. The van der Waals surface area contributed by atoms with E-state index in [0.29, 0.717) is 0 Å². The molecule has 1 aromatic heterocycles. The molecule has 1 aromatic rings. The van der Waals surface area contributed by atoms with Crippen molar-refractivity contribution in [1.29, 1.82) is 0 Å². The van der Waals surface area contributed by atoms with Gasteiger partial charge in [0.05, 0.1) is 11.2 Å². The van der Waals surface area contributed by atoms with Gasteiger partial charge in [-0.15, -0.1) is 11.3 Å². The van der Waals surface area contributed by atoms with E-state index in [1.165, 1.54) is 17.7 Å². The van der Waals surface area contributed by atoms with Gasteiger partial charge in [-0.2, -0.15) is 0 Å². The highest BCUT2D eigenvalue weighted by Crippen LogP contribution is 2.12. The van der Waals surface area contributed by atoms with E-state index in [2.05, 4.69) is 24.1 Å². The van der Waals surface area contributed by atoms with Crippen LogP contribution in [0.3, 0.4) is 0 Å². The Morgan fingerprint density at radius 1 is 1.50 bits per heavy atom. The molecule has 0 aliphatic heterocycles. The molecule has 0 aromatic carbocycles. The predicted molar refractivity (Wildman–Crippen MR) is 70.6 cm³/mol. The number of rotatable bonds is 8. The Bertz CT molecular complexity index is 286. The van der Waals surface area contributed by atoms with Crippen LogP contribution in [0.5, 0.6) is 0 Å². The van der Waals surface area contributed by atoms with Crippen LogP contribution in [0.4, 0.5) is 0 Å². The molecule has 1 rings (SSSR count). The zero-order valence-electron chi connectivity index (χ0n) is 10.3. The molecular weight excluding hydrogens is 218 g/mol. The number of nitrogens with two attached hydrogens (primary N) is 1. The van der Waals surface area contributed by atoms with Crippen LogP contribution in [0, 0.1) is 12.8 Å². The summed E-state index contributed by atoms with van der Waals surface area (Å²) in [5.74, 6) is 0.761. The lowest BCUT2D eigenvalue weighted by Gasteiger charge is -2.09. The third kappa shape index (κ3) is 5.05. The molecule has 0 bridgehead atoms. The summed E-state index contributed by atoms with van der Waals surface area (Å²) in [6.45, 7) is 7.21. The summed E-state index contributed by atoms with van der Waals surface area (Å²) in [6, 6.07) is 0. The van der Waals surface area contributed by atoms with Crippen molar-refractivity contribution in [3.8, 4) is 0 Å². The van der Waals surface area contributed by atoms with Crippen molar-refractivity contribution < 1.29 is 0 Å². The number of aromatic nitrogens is 1. The maximum Gasteiger partial charge on any atom is 0.0798 e. The van der Waals surface area contributed by atoms with Crippen LogP contribution in [0.25, 0.3) is 0 Å². The summed E-state index contributed by atoms with van der Waals surface area (Å²) in [5, 5.41) is 3.47. The molecule has 92 valence electrons. The molecule has 1 atom stereocenters. The molecule has 0 spiro atoms. The molecular formula is C12H23N3S. The van der Waals surface area contributed by atoms with E-state index >= 15 is 0 Å². The quantitative estimate of drug-likeness (QED) is 0.687. The summed E-state index contributed by atoms with van der Waals surface area (Å²) in [6.07, 6.45) is 3.65. The minimum absolute atomic E-state index is 0.761. The Morgan fingerprint density at radius 2 is 2.31 bits per heavy atom. The molecule has 3 N–H and O–H groups in total. The number of nitrogens with one attached hydrogen (secondary N) is 1. The van der Waals surface area contributed by atoms with Crippen LogP contribution < -0.4 is 11.1 Å². The van der Waals surface area contributed by atoms with E-state index in [1.807, 2.05) is 5.51 Å². The number of hydrogen-bond acceptors (Lipinski definition) is 4. The molecule has 3 nitrogen and oxygen atoms in total. The number of thiazole rings is 1. The van der Waals surface area contributed by atoms with Crippen molar-refractivity contribution in [3.05, 3.63) is 16.1 Å². The topological polar surface area (TPSA) is 50.9 Å². The Balaban J connectivity index is 2.02. The lowest BCUT2D eigenvalue weighted by atomic mass is 10.0. The predicted octanol–water partition coefficient (Wildman–Crippen LogP) is 2.31. The molecule has 1 heterocycles. The van der Waals surface area contributed by atoms with Crippen molar-refractivity contribution in [2.45, 2.75) is 39.7 Å². The highest BCUT2D eigenvalue weighted by atomic mass is 32.1. The van der Waals surface area contributed by atoms with E-state index in [4.69, 9.17) is 5.73 Å². The molecule has 0 radical (unpaired) electrons. The molecule has 0 aliphatic carbocycles. The monoisotopic (exact) mass is 241 g/mol. The lowest BCUT2D eigenvalue weighted by molar-refractivity contribution is 0.469. The summed E-state index contributed by atoms with van der Waals surface area (Å²) in [7, 11) is 0. The fraction of sp³-hybridized carbons (Fsp3) is 0.750. The SMILES string of the molecule is Cc1ncsc1CNCCCC(C)CCN. The van der Waals surface area contributed by atoms with Crippen molar-refractivity contribution >= 4 is 11.3 Å². The van der Waals surface area contributed by atoms with Crippen LogP contribution in [0.2, 0.25) is 0 Å². The van der Waals surface area contributed by atoms with Crippen molar-refractivity contribution in [2.75, 3.05) is 13.1 Å². The second-order valence-corrected chi connectivity index (χ2v) is 5.30. The molecule has 0 amide bonds. The Labute approximate surface area is 102 Å². The third-order valence-corrected chi connectivity index (χ3v) is 3.78. The first-order valence-electron chi connectivity index (χ1n) is 6.03. The molecule has 1 unspecified atom stereocenters. The van der Waals surface area contributed by atoms with Gasteiger partial charge in [-0.05, 0) is 45.2 Å². The fourth-order valence-corrected chi connectivity index (χ4v) is 2.45. The van der Waals surface area contributed by atoms with Crippen molar-refractivity contribution in [3.63, 3.8) is 0 Å². The second-order valence-electron chi connectivity index (χ2n) is 4.36. The van der Waals surface area contributed by atoms with E-state index in [1.54, 1.807) is 11.3 Å². The Kier molecular flexibility index (Phi) is 6.61. The van der Waals surface area contributed by atoms with Crippen molar-refractivity contribution in [2.24, 2.45) is 11.7 Å². The summed E-state index contributed by atoms with van der Waals surface area (Å²) < 4.78 is 0. The zero-order valence-corrected chi connectivity index (χ0v) is 11.1. The van der Waals surface area contributed by atoms with E-state index in [-0.39, 0.29) is 0 Å². The summed E-state index contributed by atoms with van der Waals surface area (Å²) >= 11 is 1.73. The van der Waals surface area contributed by atoms with Gasteiger partial charge in [0.1, 0.15) is 0 Å². The molecule has 0 fully saturated rings. The van der Waals surface area contributed by atoms with Gasteiger partial charge >= 0.3 is 0 Å². The molecule has 16 heavy (non-hydrogen) atoms. The van der Waals surface area contributed by atoms with Gasteiger partial charge in [0.25, 0.3) is 0 Å². The van der Waals surface area contributed by atoms with E-state index in [9.17, 15) is 0 Å². The smallest absolute Gasteiger partial charge is 0.0798 e. The van der Waals surface area contributed by atoms with Gasteiger partial charge in [0, 0.05) is 11.4 Å². The minimum Gasteiger partial charge on any atom is -0.330 e. The first-order chi connectivity index (χ1) is 7.74. The fourth-order valence-electron chi connectivity index (χ4n) is 1.70. The normalized spacial score (nSPS) is 12.9.